The van der Waals surface area contributed by atoms with Gasteiger partial charge in [-0.2, -0.15) is 5.10 Å². The van der Waals surface area contributed by atoms with Gasteiger partial charge in [-0.1, -0.05) is 37.3 Å². The van der Waals surface area contributed by atoms with Gasteiger partial charge < -0.3 is 10.6 Å². The number of halogens is 1. The molecule has 1 aliphatic rings. The Morgan fingerprint density at radius 1 is 1.38 bits per heavy atom. The van der Waals surface area contributed by atoms with Crippen LogP contribution in [0.25, 0.3) is 0 Å². The summed E-state index contributed by atoms with van der Waals surface area (Å²) in [6, 6.07) is 10.3. The molecule has 0 saturated carbocycles. The van der Waals surface area contributed by atoms with Crippen molar-refractivity contribution in [3.8, 4) is 0 Å². The van der Waals surface area contributed by atoms with Gasteiger partial charge in [-0.25, -0.2) is 0 Å². The average molecular weight is 349 g/mol. The molecule has 1 aliphatic heterocycles. The van der Waals surface area contributed by atoms with E-state index in [0.29, 0.717) is 12.5 Å². The largest absolute Gasteiger partial charge is 0.355 e. The Kier molecular flexibility index (Phi) is 6.40. The molecule has 1 fully saturated rings. The highest BCUT2D eigenvalue weighted by atomic mass is 35.5. The molecule has 0 radical (unpaired) electrons. The average Bonchev–Trinajstić information content (AvgIpc) is 3.21. The summed E-state index contributed by atoms with van der Waals surface area (Å²) in [4.78, 5) is 12.6. The first kappa shape index (κ1) is 18.5. The number of rotatable bonds is 5. The fraction of sp³-hybridized carbons (Fsp3) is 0.444. The second kappa shape index (κ2) is 8.31. The van der Waals surface area contributed by atoms with E-state index in [9.17, 15) is 4.79 Å². The number of aromatic nitrogens is 2. The number of hydrogen-bond donors (Lipinski definition) is 2. The third-order valence-corrected chi connectivity index (χ3v) is 4.66. The van der Waals surface area contributed by atoms with Crippen molar-refractivity contribution in [3.63, 3.8) is 0 Å². The summed E-state index contributed by atoms with van der Waals surface area (Å²) >= 11 is 0. The zero-order valence-corrected chi connectivity index (χ0v) is 14.9. The van der Waals surface area contributed by atoms with Crippen molar-refractivity contribution in [1.29, 1.82) is 0 Å². The van der Waals surface area contributed by atoms with Crippen LogP contribution >= 0.6 is 12.4 Å². The summed E-state index contributed by atoms with van der Waals surface area (Å²) in [7, 11) is 1.91. The fourth-order valence-electron chi connectivity index (χ4n) is 3.22. The highest BCUT2D eigenvalue weighted by Crippen LogP contribution is 2.28. The van der Waals surface area contributed by atoms with Crippen LogP contribution in [0.3, 0.4) is 0 Å². The lowest BCUT2D eigenvalue weighted by atomic mass is 9.90. The zero-order chi connectivity index (χ0) is 16.2. The van der Waals surface area contributed by atoms with Crippen molar-refractivity contribution in [2.45, 2.75) is 18.8 Å². The minimum atomic E-state index is -0.0258. The van der Waals surface area contributed by atoms with E-state index in [2.05, 4.69) is 34.8 Å². The van der Waals surface area contributed by atoms with Crippen LogP contribution in [0, 0.1) is 5.92 Å². The Hall–Kier alpha value is -1.85. The highest BCUT2D eigenvalue weighted by Gasteiger charge is 2.34. The molecule has 6 heteroatoms. The normalized spacial score (nSPS) is 21.1. The third-order valence-electron chi connectivity index (χ3n) is 4.66. The molecule has 1 saturated heterocycles. The van der Waals surface area contributed by atoms with Crippen molar-refractivity contribution in [3.05, 3.63) is 53.9 Å². The topological polar surface area (TPSA) is 59.0 Å². The number of carbonyl (C=O) groups is 1. The molecule has 1 amide bonds. The lowest BCUT2D eigenvalue weighted by Gasteiger charge is -2.19. The molecule has 1 aromatic heterocycles. The van der Waals surface area contributed by atoms with Crippen molar-refractivity contribution < 1.29 is 4.79 Å². The summed E-state index contributed by atoms with van der Waals surface area (Å²) in [5.74, 6) is 0.621. The smallest absolute Gasteiger partial charge is 0.225 e. The van der Waals surface area contributed by atoms with E-state index in [0.717, 1.165) is 18.7 Å². The summed E-state index contributed by atoms with van der Waals surface area (Å²) in [5.41, 5.74) is 2.38. The van der Waals surface area contributed by atoms with Gasteiger partial charge in [-0.05, 0) is 17.0 Å². The van der Waals surface area contributed by atoms with Gasteiger partial charge in [-0.3, -0.25) is 9.48 Å². The number of carbonyl (C=O) groups excluding carboxylic acids is 1. The molecule has 24 heavy (non-hydrogen) atoms. The van der Waals surface area contributed by atoms with E-state index in [-0.39, 0.29) is 30.2 Å². The molecule has 2 aromatic rings. The van der Waals surface area contributed by atoms with E-state index in [1.54, 1.807) is 4.68 Å². The Labute approximate surface area is 149 Å². The van der Waals surface area contributed by atoms with Crippen LogP contribution in [0.15, 0.2) is 42.7 Å². The first-order valence-electron chi connectivity index (χ1n) is 8.17. The van der Waals surface area contributed by atoms with Crippen LogP contribution in [0.2, 0.25) is 0 Å². The van der Waals surface area contributed by atoms with Gasteiger partial charge in [0.15, 0.2) is 0 Å². The monoisotopic (exact) mass is 348 g/mol. The predicted octanol–water partition coefficient (Wildman–Crippen LogP) is 2.06. The Balaban J connectivity index is 0.00000208. The maximum atomic E-state index is 12.6. The first-order chi connectivity index (χ1) is 11.1. The van der Waals surface area contributed by atoms with Crippen LogP contribution in [0.4, 0.5) is 0 Å². The molecule has 2 N–H and O–H groups in total. The third kappa shape index (κ3) is 4.16. The zero-order valence-electron chi connectivity index (χ0n) is 14.1. The lowest BCUT2D eigenvalue weighted by Crippen LogP contribution is -2.36. The minimum Gasteiger partial charge on any atom is -0.355 e. The van der Waals surface area contributed by atoms with Crippen LogP contribution in [-0.2, 0) is 11.8 Å². The van der Waals surface area contributed by atoms with Gasteiger partial charge >= 0.3 is 0 Å². The number of benzene rings is 1. The number of nitrogens with one attached hydrogen (secondary N) is 2. The maximum absolute atomic E-state index is 12.6. The van der Waals surface area contributed by atoms with Gasteiger partial charge in [0.25, 0.3) is 0 Å². The molecule has 1 unspecified atom stereocenters. The molecular formula is C18H25ClN4O. The van der Waals surface area contributed by atoms with Crippen molar-refractivity contribution in [2.24, 2.45) is 13.0 Å². The molecule has 1 aromatic carbocycles. The quantitative estimate of drug-likeness (QED) is 0.869. The predicted molar refractivity (Wildman–Crippen MR) is 97.4 cm³/mol. The van der Waals surface area contributed by atoms with E-state index >= 15 is 0 Å². The highest BCUT2D eigenvalue weighted by molar-refractivity contribution is 5.85. The van der Waals surface area contributed by atoms with Crippen molar-refractivity contribution in [1.82, 2.24) is 20.4 Å². The number of hydrogen-bond acceptors (Lipinski definition) is 3. The summed E-state index contributed by atoms with van der Waals surface area (Å²) < 4.78 is 1.79. The molecule has 0 bridgehead atoms. The van der Waals surface area contributed by atoms with E-state index in [1.165, 1.54) is 5.56 Å². The standard InChI is InChI=1S/C18H24N4O.ClH/c1-13(14-6-4-3-5-7-14)8-20-18(23)17-11-19-10-16(17)15-9-21-22(2)12-15;/h3-7,9,12-13,16-17,19H,8,10-11H2,1-2H3,(H,20,23);1H/t13?,16-,17+;/m1./s1. The fourth-order valence-corrected chi connectivity index (χ4v) is 3.22. The van der Waals surface area contributed by atoms with Gasteiger partial charge in [0.2, 0.25) is 5.91 Å². The molecule has 0 spiro atoms. The Morgan fingerprint density at radius 3 is 2.79 bits per heavy atom. The van der Waals surface area contributed by atoms with E-state index in [4.69, 9.17) is 0 Å². The van der Waals surface area contributed by atoms with Gasteiger partial charge in [0.1, 0.15) is 0 Å². The molecular weight excluding hydrogens is 324 g/mol. The first-order valence-corrected chi connectivity index (χ1v) is 8.17. The van der Waals surface area contributed by atoms with Crippen LogP contribution in [0.5, 0.6) is 0 Å². The number of amides is 1. The minimum absolute atomic E-state index is 0. The van der Waals surface area contributed by atoms with E-state index in [1.807, 2.05) is 37.6 Å². The Bertz CT molecular complexity index is 658. The molecule has 3 atom stereocenters. The van der Waals surface area contributed by atoms with Crippen LogP contribution in [-0.4, -0.2) is 35.3 Å². The van der Waals surface area contributed by atoms with Gasteiger partial charge in [0.05, 0.1) is 12.1 Å². The summed E-state index contributed by atoms with van der Waals surface area (Å²) in [5, 5.41) is 10.7. The molecule has 5 nitrogen and oxygen atoms in total. The molecule has 3 rings (SSSR count). The summed E-state index contributed by atoms with van der Waals surface area (Å²) in [6.07, 6.45) is 3.87. The maximum Gasteiger partial charge on any atom is 0.225 e. The van der Waals surface area contributed by atoms with Gasteiger partial charge in [0, 0.05) is 38.8 Å². The van der Waals surface area contributed by atoms with Crippen molar-refractivity contribution >= 4 is 18.3 Å². The molecule has 0 aliphatic carbocycles. The second-order valence-electron chi connectivity index (χ2n) is 6.38. The van der Waals surface area contributed by atoms with E-state index < -0.39 is 0 Å². The second-order valence-corrected chi connectivity index (χ2v) is 6.38. The summed E-state index contributed by atoms with van der Waals surface area (Å²) in [6.45, 7) is 4.36. The Morgan fingerprint density at radius 2 is 2.12 bits per heavy atom. The molecule has 130 valence electrons. The van der Waals surface area contributed by atoms with Gasteiger partial charge in [-0.15, -0.1) is 12.4 Å². The van der Waals surface area contributed by atoms with Crippen molar-refractivity contribution in [2.75, 3.05) is 19.6 Å². The number of aryl methyl sites for hydroxylation is 1. The van der Waals surface area contributed by atoms with Crippen LogP contribution < -0.4 is 10.6 Å². The number of nitrogens with zero attached hydrogens (tertiary/aromatic N) is 2. The molecule has 2 heterocycles. The lowest BCUT2D eigenvalue weighted by molar-refractivity contribution is -0.124. The van der Waals surface area contributed by atoms with Crippen LogP contribution in [0.1, 0.15) is 29.9 Å². The SMILES string of the molecule is CC(CNC(=O)[C@H]1CNC[C@@H]1c1cnn(C)c1)c1ccccc1.Cl.